The molecule has 0 fully saturated rings. The second-order valence-electron chi connectivity index (χ2n) is 5.68. The third kappa shape index (κ3) is 2.82. The van der Waals surface area contributed by atoms with E-state index in [0.29, 0.717) is 35.6 Å². The Kier molecular flexibility index (Phi) is 4.39. The number of nitrogens with one attached hydrogen (secondary N) is 1. The van der Waals surface area contributed by atoms with Gasteiger partial charge >= 0.3 is 5.69 Å². The maximum atomic E-state index is 13.6. The zero-order valence-electron chi connectivity index (χ0n) is 14.3. The highest BCUT2D eigenvalue weighted by molar-refractivity contribution is 5.76. The Morgan fingerprint density at radius 1 is 1.16 bits per heavy atom. The van der Waals surface area contributed by atoms with Crippen LogP contribution in [0.15, 0.2) is 27.8 Å². The summed E-state index contributed by atoms with van der Waals surface area (Å²) in [4.78, 5) is 32.1. The highest BCUT2D eigenvalue weighted by Crippen LogP contribution is 2.15. The summed E-state index contributed by atoms with van der Waals surface area (Å²) in [5, 5.41) is 0. The predicted octanol–water partition coefficient (Wildman–Crippen LogP) is 2.54. The quantitative estimate of drug-likeness (QED) is 0.792. The molecule has 0 saturated heterocycles. The number of aromatic nitrogens is 4. The Morgan fingerprint density at radius 3 is 2.56 bits per heavy atom. The maximum Gasteiger partial charge on any atom is 0.332 e. The molecule has 2 aromatic heterocycles. The molecule has 25 heavy (non-hydrogen) atoms. The van der Waals surface area contributed by atoms with E-state index in [4.69, 9.17) is 0 Å². The van der Waals surface area contributed by atoms with Crippen LogP contribution in [0.4, 0.5) is 4.39 Å². The van der Waals surface area contributed by atoms with Gasteiger partial charge in [-0.1, -0.05) is 18.2 Å². The van der Waals surface area contributed by atoms with E-state index in [1.54, 1.807) is 38.1 Å². The molecular weight excluding hydrogens is 323 g/mol. The minimum atomic E-state index is -0.388. The SMILES string of the molecule is CCn1c(=O)c2[nH]c(C=Cc3cccc(F)c3C)nc2n(CC)c1=O. The molecule has 130 valence electrons. The molecule has 7 heteroatoms. The highest BCUT2D eigenvalue weighted by atomic mass is 19.1. The average Bonchev–Trinajstić information content (AvgIpc) is 3.01. The summed E-state index contributed by atoms with van der Waals surface area (Å²) in [6.07, 6.45) is 3.39. The Morgan fingerprint density at radius 2 is 1.88 bits per heavy atom. The van der Waals surface area contributed by atoms with Gasteiger partial charge in [0.05, 0.1) is 0 Å². The Bertz CT molecular complexity index is 1090. The minimum absolute atomic E-state index is 0.280. The summed E-state index contributed by atoms with van der Waals surface area (Å²) in [6, 6.07) is 4.83. The number of hydrogen-bond donors (Lipinski definition) is 1. The van der Waals surface area contributed by atoms with Crippen LogP contribution in [0.5, 0.6) is 0 Å². The molecule has 0 atom stereocenters. The number of aryl methyl sites for hydroxylation is 1. The molecule has 3 aromatic rings. The van der Waals surface area contributed by atoms with Crippen LogP contribution in [-0.4, -0.2) is 19.1 Å². The van der Waals surface area contributed by atoms with Crippen LogP contribution >= 0.6 is 0 Å². The van der Waals surface area contributed by atoms with Crippen LogP contribution in [0, 0.1) is 12.7 Å². The summed E-state index contributed by atoms with van der Waals surface area (Å²) >= 11 is 0. The molecule has 0 aliphatic heterocycles. The average molecular weight is 342 g/mol. The number of nitrogens with zero attached hydrogens (tertiary/aromatic N) is 3. The number of rotatable bonds is 4. The zero-order valence-corrected chi connectivity index (χ0v) is 14.3. The van der Waals surface area contributed by atoms with Gasteiger partial charge < -0.3 is 4.98 Å². The van der Waals surface area contributed by atoms with Gasteiger partial charge in [-0.3, -0.25) is 13.9 Å². The van der Waals surface area contributed by atoms with E-state index in [-0.39, 0.29) is 17.1 Å². The minimum Gasteiger partial charge on any atom is -0.333 e. The first kappa shape index (κ1) is 16.9. The summed E-state index contributed by atoms with van der Waals surface area (Å²) in [7, 11) is 0. The van der Waals surface area contributed by atoms with Gasteiger partial charge in [-0.2, -0.15) is 0 Å². The molecule has 0 spiro atoms. The predicted molar refractivity (Wildman–Crippen MR) is 96.0 cm³/mol. The molecule has 0 bridgehead atoms. The van der Waals surface area contributed by atoms with Gasteiger partial charge in [-0.15, -0.1) is 0 Å². The monoisotopic (exact) mass is 342 g/mol. The topological polar surface area (TPSA) is 72.7 Å². The van der Waals surface area contributed by atoms with Crippen LogP contribution in [0.3, 0.4) is 0 Å². The van der Waals surface area contributed by atoms with Gasteiger partial charge in [0, 0.05) is 13.1 Å². The van der Waals surface area contributed by atoms with Gasteiger partial charge in [-0.05, 0) is 44.0 Å². The van der Waals surface area contributed by atoms with Crippen molar-refractivity contribution in [3.05, 3.63) is 61.8 Å². The number of halogens is 1. The third-order valence-corrected chi connectivity index (χ3v) is 4.24. The van der Waals surface area contributed by atoms with E-state index < -0.39 is 0 Å². The molecule has 1 N–H and O–H groups in total. The second kappa shape index (κ2) is 6.51. The fraction of sp³-hybridized carbons (Fsp3) is 0.278. The molecule has 0 unspecified atom stereocenters. The van der Waals surface area contributed by atoms with Gasteiger partial charge in [0.1, 0.15) is 17.2 Å². The second-order valence-corrected chi connectivity index (χ2v) is 5.68. The van der Waals surface area contributed by atoms with Gasteiger partial charge in [0.25, 0.3) is 5.56 Å². The molecule has 2 heterocycles. The van der Waals surface area contributed by atoms with E-state index in [2.05, 4.69) is 9.97 Å². The number of aromatic amines is 1. The lowest BCUT2D eigenvalue weighted by molar-refractivity contribution is 0.605. The summed E-state index contributed by atoms with van der Waals surface area (Å²) in [5.41, 5.74) is 1.12. The van der Waals surface area contributed by atoms with Crippen LogP contribution in [0.1, 0.15) is 30.8 Å². The van der Waals surface area contributed by atoms with E-state index in [0.717, 1.165) is 5.56 Å². The first-order chi connectivity index (χ1) is 12.0. The third-order valence-electron chi connectivity index (χ3n) is 4.24. The van der Waals surface area contributed by atoms with Gasteiger partial charge in [0.2, 0.25) is 0 Å². The molecule has 1 aromatic carbocycles. The van der Waals surface area contributed by atoms with Crippen LogP contribution in [0.2, 0.25) is 0 Å². The highest BCUT2D eigenvalue weighted by Gasteiger charge is 2.14. The number of imidazole rings is 1. The van der Waals surface area contributed by atoms with E-state index in [9.17, 15) is 14.0 Å². The Balaban J connectivity index is 2.15. The smallest absolute Gasteiger partial charge is 0.332 e. The lowest BCUT2D eigenvalue weighted by Crippen LogP contribution is -2.39. The van der Waals surface area contributed by atoms with Crippen molar-refractivity contribution in [1.29, 1.82) is 0 Å². The number of H-pyrrole nitrogens is 1. The van der Waals surface area contributed by atoms with Crippen molar-refractivity contribution in [2.24, 2.45) is 0 Å². The summed E-state index contributed by atoms with van der Waals surface area (Å²) < 4.78 is 16.2. The van der Waals surface area contributed by atoms with Gasteiger partial charge in [-0.25, -0.2) is 14.2 Å². The standard InChI is InChI=1S/C18H19FN4O2/c1-4-22-16-15(17(24)23(5-2)18(22)25)20-14(21-16)10-9-12-7-6-8-13(19)11(12)3/h6-10H,4-5H2,1-3H3,(H,20,21). The lowest BCUT2D eigenvalue weighted by atomic mass is 10.1. The molecule has 6 nitrogen and oxygen atoms in total. The largest absolute Gasteiger partial charge is 0.333 e. The van der Waals surface area contributed by atoms with Crippen molar-refractivity contribution in [1.82, 2.24) is 19.1 Å². The van der Waals surface area contributed by atoms with Crippen LogP contribution in [-0.2, 0) is 13.1 Å². The zero-order chi connectivity index (χ0) is 18.1. The molecule has 0 aliphatic carbocycles. The van der Waals surface area contributed by atoms with E-state index >= 15 is 0 Å². The lowest BCUT2D eigenvalue weighted by Gasteiger charge is -2.06. The first-order valence-corrected chi connectivity index (χ1v) is 8.14. The number of fused-ring (bicyclic) bond motifs is 1. The Hall–Kier alpha value is -2.96. The fourth-order valence-electron chi connectivity index (χ4n) is 2.80. The summed E-state index contributed by atoms with van der Waals surface area (Å²) in [6.45, 7) is 5.97. The fourth-order valence-corrected chi connectivity index (χ4v) is 2.80. The van der Waals surface area contributed by atoms with Crippen LogP contribution in [0.25, 0.3) is 23.3 Å². The van der Waals surface area contributed by atoms with Gasteiger partial charge in [0.15, 0.2) is 5.65 Å². The number of hydrogen-bond acceptors (Lipinski definition) is 3. The van der Waals surface area contributed by atoms with Crippen molar-refractivity contribution >= 4 is 23.3 Å². The Labute approximate surface area is 143 Å². The first-order valence-electron chi connectivity index (χ1n) is 8.14. The van der Waals surface area contributed by atoms with Crippen molar-refractivity contribution in [3.8, 4) is 0 Å². The number of benzene rings is 1. The molecule has 0 saturated carbocycles. The van der Waals surface area contributed by atoms with Crippen molar-refractivity contribution in [2.75, 3.05) is 0 Å². The van der Waals surface area contributed by atoms with E-state index in [1.807, 2.05) is 6.92 Å². The maximum absolute atomic E-state index is 13.6. The van der Waals surface area contributed by atoms with Crippen molar-refractivity contribution < 1.29 is 4.39 Å². The van der Waals surface area contributed by atoms with Crippen LogP contribution < -0.4 is 11.2 Å². The van der Waals surface area contributed by atoms with E-state index in [1.165, 1.54) is 15.2 Å². The summed E-state index contributed by atoms with van der Waals surface area (Å²) in [5.74, 6) is 0.156. The molecule has 0 aliphatic rings. The molecule has 0 amide bonds. The normalized spacial score (nSPS) is 11.7. The van der Waals surface area contributed by atoms with Crippen molar-refractivity contribution in [3.63, 3.8) is 0 Å². The molecular formula is C18H19FN4O2. The van der Waals surface area contributed by atoms with Crippen molar-refractivity contribution in [2.45, 2.75) is 33.9 Å². The molecule has 0 radical (unpaired) electrons. The molecule has 3 rings (SSSR count).